The van der Waals surface area contributed by atoms with Crippen LogP contribution in [0.1, 0.15) is 36.1 Å². The molecule has 2 atom stereocenters. The van der Waals surface area contributed by atoms with Gasteiger partial charge >= 0.3 is 0 Å². The van der Waals surface area contributed by atoms with Gasteiger partial charge in [-0.3, -0.25) is 4.79 Å². The minimum atomic E-state index is -0.267. The molecular weight excluding hydrogens is 301 g/mol. The van der Waals surface area contributed by atoms with Gasteiger partial charge in [0.15, 0.2) is 0 Å². The van der Waals surface area contributed by atoms with E-state index in [4.69, 9.17) is 11.6 Å². The fourth-order valence-corrected chi connectivity index (χ4v) is 3.43. The molecule has 1 saturated heterocycles. The molecule has 1 fully saturated rings. The number of alkyl halides is 1. The standard InChI is InChI=1S/C18H17ClFNO/c19-12-17(13-4-2-1-3-5-13)21-16(10-11-18(21)22)14-6-8-15(20)9-7-14/h1-9,16-17H,10-12H2/t16?,17-/m0/s1. The van der Waals surface area contributed by atoms with Gasteiger partial charge in [0, 0.05) is 12.3 Å². The summed E-state index contributed by atoms with van der Waals surface area (Å²) in [5.41, 5.74) is 1.98. The first-order valence-corrected chi connectivity index (χ1v) is 7.91. The quantitative estimate of drug-likeness (QED) is 0.762. The second-order valence-electron chi connectivity index (χ2n) is 5.49. The zero-order valence-corrected chi connectivity index (χ0v) is 12.8. The van der Waals surface area contributed by atoms with Gasteiger partial charge in [0.2, 0.25) is 5.91 Å². The van der Waals surface area contributed by atoms with Crippen molar-refractivity contribution in [2.75, 3.05) is 5.88 Å². The molecule has 0 aromatic heterocycles. The van der Waals surface area contributed by atoms with E-state index >= 15 is 0 Å². The van der Waals surface area contributed by atoms with Crippen LogP contribution in [0, 0.1) is 5.82 Å². The van der Waals surface area contributed by atoms with Crippen LogP contribution in [-0.4, -0.2) is 16.7 Å². The Morgan fingerprint density at radius 1 is 1.14 bits per heavy atom. The molecule has 0 spiro atoms. The molecule has 1 heterocycles. The first-order valence-electron chi connectivity index (χ1n) is 7.38. The Morgan fingerprint density at radius 2 is 1.82 bits per heavy atom. The van der Waals surface area contributed by atoms with Crippen molar-refractivity contribution < 1.29 is 9.18 Å². The molecule has 2 aromatic carbocycles. The van der Waals surface area contributed by atoms with E-state index < -0.39 is 0 Å². The van der Waals surface area contributed by atoms with Gasteiger partial charge in [-0.25, -0.2) is 4.39 Å². The summed E-state index contributed by atoms with van der Waals surface area (Å²) in [5.74, 6) is 0.174. The zero-order valence-electron chi connectivity index (χ0n) is 12.1. The number of amides is 1. The number of hydrogen-bond donors (Lipinski definition) is 0. The number of benzene rings is 2. The van der Waals surface area contributed by atoms with Gasteiger partial charge < -0.3 is 4.90 Å². The molecule has 114 valence electrons. The van der Waals surface area contributed by atoms with E-state index in [1.807, 2.05) is 35.2 Å². The number of nitrogens with zero attached hydrogens (tertiary/aromatic N) is 1. The molecule has 0 aliphatic carbocycles. The zero-order chi connectivity index (χ0) is 15.5. The Kier molecular flexibility index (Phi) is 4.44. The van der Waals surface area contributed by atoms with Crippen molar-refractivity contribution >= 4 is 17.5 Å². The average Bonchev–Trinajstić information content (AvgIpc) is 2.92. The summed E-state index contributed by atoms with van der Waals surface area (Å²) < 4.78 is 13.1. The van der Waals surface area contributed by atoms with Gasteiger partial charge in [-0.2, -0.15) is 0 Å². The molecule has 1 aliphatic heterocycles. The van der Waals surface area contributed by atoms with Crippen LogP contribution in [0.5, 0.6) is 0 Å². The van der Waals surface area contributed by atoms with Crippen LogP contribution in [-0.2, 0) is 4.79 Å². The maximum absolute atomic E-state index is 13.1. The first-order chi connectivity index (χ1) is 10.7. The molecule has 2 nitrogen and oxygen atoms in total. The maximum Gasteiger partial charge on any atom is 0.223 e. The molecule has 1 unspecified atom stereocenters. The Hall–Kier alpha value is -1.87. The van der Waals surface area contributed by atoms with Crippen LogP contribution in [0.3, 0.4) is 0 Å². The number of carbonyl (C=O) groups excluding carboxylic acids is 1. The van der Waals surface area contributed by atoms with E-state index in [0.29, 0.717) is 12.3 Å². The Balaban J connectivity index is 1.94. The van der Waals surface area contributed by atoms with Crippen LogP contribution in [0.2, 0.25) is 0 Å². The smallest absolute Gasteiger partial charge is 0.223 e. The van der Waals surface area contributed by atoms with Gasteiger partial charge in [-0.1, -0.05) is 42.5 Å². The lowest BCUT2D eigenvalue weighted by molar-refractivity contribution is -0.131. The van der Waals surface area contributed by atoms with Gasteiger partial charge in [0.05, 0.1) is 12.1 Å². The van der Waals surface area contributed by atoms with Crippen molar-refractivity contribution in [2.24, 2.45) is 0 Å². The lowest BCUT2D eigenvalue weighted by atomic mass is 10.0. The lowest BCUT2D eigenvalue weighted by Gasteiger charge is -2.33. The van der Waals surface area contributed by atoms with Crippen molar-refractivity contribution in [1.29, 1.82) is 0 Å². The predicted octanol–water partition coefficient (Wildman–Crippen LogP) is 4.47. The van der Waals surface area contributed by atoms with Crippen molar-refractivity contribution in [2.45, 2.75) is 24.9 Å². The van der Waals surface area contributed by atoms with Crippen LogP contribution >= 0.6 is 11.6 Å². The van der Waals surface area contributed by atoms with Gasteiger partial charge in [-0.15, -0.1) is 11.6 Å². The van der Waals surface area contributed by atoms with Crippen molar-refractivity contribution in [3.05, 3.63) is 71.5 Å². The van der Waals surface area contributed by atoms with Crippen LogP contribution < -0.4 is 0 Å². The summed E-state index contributed by atoms with van der Waals surface area (Å²) in [4.78, 5) is 14.2. The third kappa shape index (κ3) is 2.86. The molecule has 0 bridgehead atoms. The molecule has 22 heavy (non-hydrogen) atoms. The van der Waals surface area contributed by atoms with E-state index in [1.54, 1.807) is 12.1 Å². The van der Waals surface area contributed by atoms with Crippen molar-refractivity contribution in [3.8, 4) is 0 Å². The van der Waals surface area contributed by atoms with Crippen molar-refractivity contribution in [1.82, 2.24) is 4.90 Å². The summed E-state index contributed by atoms with van der Waals surface area (Å²) in [6.07, 6.45) is 1.24. The monoisotopic (exact) mass is 317 g/mol. The third-order valence-corrected chi connectivity index (χ3v) is 4.47. The number of rotatable bonds is 4. The summed E-state index contributed by atoms with van der Waals surface area (Å²) in [7, 11) is 0. The van der Waals surface area contributed by atoms with Crippen LogP contribution in [0.15, 0.2) is 54.6 Å². The molecular formula is C18H17ClFNO. The minimum Gasteiger partial charge on any atom is -0.327 e. The largest absolute Gasteiger partial charge is 0.327 e. The summed E-state index contributed by atoms with van der Waals surface area (Å²) in [6, 6.07) is 16.0. The normalized spacial score (nSPS) is 19.5. The molecule has 0 N–H and O–H groups in total. The fraction of sp³-hybridized carbons (Fsp3) is 0.278. The fourth-order valence-electron chi connectivity index (χ4n) is 3.10. The summed E-state index contributed by atoms with van der Waals surface area (Å²) in [5, 5.41) is 0. The third-order valence-electron chi connectivity index (χ3n) is 4.18. The number of halogens is 2. The average molecular weight is 318 g/mol. The molecule has 0 radical (unpaired) electrons. The van der Waals surface area contributed by atoms with Gasteiger partial charge in [-0.05, 0) is 29.7 Å². The van der Waals surface area contributed by atoms with Crippen molar-refractivity contribution in [3.63, 3.8) is 0 Å². The highest BCUT2D eigenvalue weighted by Gasteiger charge is 2.37. The van der Waals surface area contributed by atoms with E-state index in [9.17, 15) is 9.18 Å². The molecule has 1 amide bonds. The van der Waals surface area contributed by atoms with E-state index in [1.165, 1.54) is 12.1 Å². The van der Waals surface area contributed by atoms with Crippen LogP contribution in [0.4, 0.5) is 4.39 Å². The molecule has 3 rings (SSSR count). The van der Waals surface area contributed by atoms with Gasteiger partial charge in [0.1, 0.15) is 5.82 Å². The number of carbonyl (C=O) groups is 1. The SMILES string of the molecule is O=C1CCC(c2ccc(F)cc2)N1[C@@H](CCl)c1ccccc1. The number of hydrogen-bond acceptors (Lipinski definition) is 1. The topological polar surface area (TPSA) is 20.3 Å². The second kappa shape index (κ2) is 6.49. The first kappa shape index (κ1) is 15.0. The molecule has 4 heteroatoms. The second-order valence-corrected chi connectivity index (χ2v) is 5.80. The Morgan fingerprint density at radius 3 is 2.45 bits per heavy atom. The van der Waals surface area contributed by atoms with E-state index in [0.717, 1.165) is 17.5 Å². The maximum atomic E-state index is 13.1. The summed E-state index contributed by atoms with van der Waals surface area (Å²) in [6.45, 7) is 0. The predicted molar refractivity (Wildman–Crippen MR) is 85.1 cm³/mol. The highest BCUT2D eigenvalue weighted by Crippen LogP contribution is 2.39. The van der Waals surface area contributed by atoms with E-state index in [2.05, 4.69) is 0 Å². The molecule has 1 aliphatic rings. The Bertz CT molecular complexity index is 644. The lowest BCUT2D eigenvalue weighted by Crippen LogP contribution is -2.33. The Labute approximate surface area is 134 Å². The van der Waals surface area contributed by atoms with Gasteiger partial charge in [0.25, 0.3) is 0 Å². The number of likely N-dealkylation sites (tertiary alicyclic amines) is 1. The highest BCUT2D eigenvalue weighted by atomic mass is 35.5. The highest BCUT2D eigenvalue weighted by molar-refractivity contribution is 6.18. The summed E-state index contributed by atoms with van der Waals surface area (Å²) >= 11 is 6.17. The van der Waals surface area contributed by atoms with Crippen LogP contribution in [0.25, 0.3) is 0 Å². The minimum absolute atomic E-state index is 0.0444. The van der Waals surface area contributed by atoms with E-state index in [-0.39, 0.29) is 23.8 Å². The molecule has 2 aromatic rings. The molecule has 0 saturated carbocycles.